The van der Waals surface area contributed by atoms with E-state index in [0.29, 0.717) is 0 Å². The lowest BCUT2D eigenvalue weighted by Gasteiger charge is -2.19. The van der Waals surface area contributed by atoms with Crippen LogP contribution in [0, 0.1) is 0 Å². The number of benzene rings is 1. The van der Waals surface area contributed by atoms with Crippen molar-refractivity contribution in [3.8, 4) is 0 Å². The van der Waals surface area contributed by atoms with Crippen LogP contribution in [0.1, 0.15) is 38.3 Å². The zero-order valence-electron chi connectivity index (χ0n) is 9.81. The topological polar surface area (TPSA) is 0 Å². The highest BCUT2D eigenvalue weighted by molar-refractivity contribution is 6.29. The van der Waals surface area contributed by atoms with Crippen molar-refractivity contribution in [1.82, 2.24) is 0 Å². The van der Waals surface area contributed by atoms with Crippen LogP contribution in [0.4, 0.5) is 0 Å². The lowest BCUT2D eigenvalue weighted by atomic mass is 9.86. The van der Waals surface area contributed by atoms with Gasteiger partial charge in [0.15, 0.2) is 0 Å². The molecule has 1 heteroatoms. The molecule has 0 fully saturated rings. The molecular weight excluding hydrogens is 204 g/mol. The predicted molar refractivity (Wildman–Crippen MR) is 68.5 cm³/mol. The summed E-state index contributed by atoms with van der Waals surface area (Å²) in [6.45, 7) is 10.4. The maximum atomic E-state index is 5.74. The summed E-state index contributed by atoms with van der Waals surface area (Å²) >= 11 is 5.74. The molecule has 0 aromatic heterocycles. The Morgan fingerprint density at radius 1 is 1.20 bits per heavy atom. The first-order valence-corrected chi connectivity index (χ1v) is 5.70. The molecule has 1 aromatic rings. The second-order valence-corrected chi connectivity index (χ2v) is 5.50. The van der Waals surface area contributed by atoms with E-state index in [-0.39, 0.29) is 5.41 Å². The summed E-state index contributed by atoms with van der Waals surface area (Å²) in [5.41, 5.74) is 2.93. The average Bonchev–Trinajstić information content (AvgIpc) is 2.14. The molecule has 0 bridgehead atoms. The van der Waals surface area contributed by atoms with Crippen LogP contribution >= 0.6 is 11.6 Å². The molecule has 0 spiro atoms. The summed E-state index contributed by atoms with van der Waals surface area (Å²) < 4.78 is 0. The van der Waals surface area contributed by atoms with E-state index in [1.165, 1.54) is 11.1 Å². The Morgan fingerprint density at radius 3 is 2.13 bits per heavy atom. The van der Waals surface area contributed by atoms with Crippen molar-refractivity contribution in [2.24, 2.45) is 0 Å². The third-order valence-corrected chi connectivity index (χ3v) is 2.69. The molecule has 0 radical (unpaired) electrons. The van der Waals surface area contributed by atoms with Crippen LogP contribution in [0.15, 0.2) is 35.9 Å². The predicted octanol–water partition coefficient (Wildman–Crippen LogP) is 4.67. The van der Waals surface area contributed by atoms with Gasteiger partial charge in [-0.1, -0.05) is 63.2 Å². The monoisotopic (exact) mass is 222 g/mol. The Kier molecular flexibility index (Phi) is 3.98. The zero-order valence-corrected chi connectivity index (χ0v) is 10.6. The minimum absolute atomic E-state index is 0.231. The van der Waals surface area contributed by atoms with Gasteiger partial charge in [0.25, 0.3) is 0 Å². The largest absolute Gasteiger partial charge is 0.0898 e. The van der Waals surface area contributed by atoms with E-state index >= 15 is 0 Å². The van der Waals surface area contributed by atoms with Crippen molar-refractivity contribution in [2.45, 2.75) is 39.0 Å². The van der Waals surface area contributed by atoms with E-state index in [2.05, 4.69) is 51.6 Å². The number of aryl methyl sites for hydroxylation is 1. The molecule has 0 aliphatic heterocycles. The van der Waals surface area contributed by atoms with E-state index in [1.54, 1.807) is 0 Å². The number of allylic oxidation sites excluding steroid dienone is 1. The maximum absolute atomic E-state index is 5.74. The number of hydrogen-bond donors (Lipinski definition) is 0. The molecular formula is C14H19Cl. The third kappa shape index (κ3) is 4.09. The molecule has 0 atom stereocenters. The number of halogens is 1. The molecule has 0 aliphatic rings. The van der Waals surface area contributed by atoms with Gasteiger partial charge in [-0.05, 0) is 29.4 Å². The van der Waals surface area contributed by atoms with Crippen molar-refractivity contribution in [3.63, 3.8) is 0 Å². The fourth-order valence-corrected chi connectivity index (χ4v) is 1.55. The fourth-order valence-electron chi connectivity index (χ4n) is 1.45. The van der Waals surface area contributed by atoms with Gasteiger partial charge in [-0.3, -0.25) is 0 Å². The Labute approximate surface area is 98.0 Å². The van der Waals surface area contributed by atoms with E-state index in [4.69, 9.17) is 11.6 Å². The summed E-state index contributed by atoms with van der Waals surface area (Å²) in [4.78, 5) is 0. The molecule has 0 aliphatic carbocycles. The van der Waals surface area contributed by atoms with E-state index in [0.717, 1.165) is 17.9 Å². The average molecular weight is 223 g/mol. The van der Waals surface area contributed by atoms with Crippen molar-refractivity contribution >= 4 is 11.6 Å². The van der Waals surface area contributed by atoms with Crippen molar-refractivity contribution in [1.29, 1.82) is 0 Å². The Bertz CT molecular complexity index is 327. The lowest BCUT2D eigenvalue weighted by Crippen LogP contribution is -2.10. The Balaban J connectivity index is 2.69. The van der Waals surface area contributed by atoms with Gasteiger partial charge in [0, 0.05) is 5.03 Å². The number of hydrogen-bond acceptors (Lipinski definition) is 0. The normalized spacial score (nSPS) is 11.5. The molecule has 0 amide bonds. The molecule has 1 aromatic carbocycles. The first-order chi connectivity index (χ1) is 6.89. The minimum Gasteiger partial charge on any atom is -0.0898 e. The van der Waals surface area contributed by atoms with Crippen LogP contribution in [0.3, 0.4) is 0 Å². The zero-order chi connectivity index (χ0) is 11.5. The van der Waals surface area contributed by atoms with Crippen LogP contribution in [-0.2, 0) is 11.8 Å². The summed E-state index contributed by atoms with van der Waals surface area (Å²) in [6.07, 6.45) is 1.84. The lowest BCUT2D eigenvalue weighted by molar-refractivity contribution is 0.590. The molecule has 0 unspecified atom stereocenters. The Hall–Kier alpha value is -0.750. The first kappa shape index (κ1) is 12.3. The smallest absolute Gasteiger partial charge is 0.0112 e. The van der Waals surface area contributed by atoms with E-state index < -0.39 is 0 Å². The van der Waals surface area contributed by atoms with Crippen LogP contribution in [0.2, 0.25) is 0 Å². The second-order valence-electron chi connectivity index (χ2n) is 4.96. The molecule has 15 heavy (non-hydrogen) atoms. The Morgan fingerprint density at radius 2 is 1.73 bits per heavy atom. The van der Waals surface area contributed by atoms with Gasteiger partial charge in [-0.25, -0.2) is 0 Å². The highest BCUT2D eigenvalue weighted by Crippen LogP contribution is 2.22. The van der Waals surface area contributed by atoms with Gasteiger partial charge < -0.3 is 0 Å². The van der Waals surface area contributed by atoms with Crippen LogP contribution < -0.4 is 0 Å². The van der Waals surface area contributed by atoms with Crippen molar-refractivity contribution in [2.75, 3.05) is 0 Å². The molecule has 0 N–H and O–H groups in total. The quantitative estimate of drug-likeness (QED) is 0.697. The molecule has 82 valence electrons. The van der Waals surface area contributed by atoms with Gasteiger partial charge in [0.05, 0.1) is 0 Å². The summed E-state index contributed by atoms with van der Waals surface area (Å²) in [6, 6.07) is 8.76. The summed E-state index contributed by atoms with van der Waals surface area (Å²) in [5, 5.41) is 0.731. The van der Waals surface area contributed by atoms with Crippen molar-refractivity contribution in [3.05, 3.63) is 47.0 Å². The van der Waals surface area contributed by atoms with E-state index in [9.17, 15) is 0 Å². The highest BCUT2D eigenvalue weighted by atomic mass is 35.5. The second kappa shape index (κ2) is 4.85. The van der Waals surface area contributed by atoms with Crippen LogP contribution in [-0.4, -0.2) is 0 Å². The molecule has 0 heterocycles. The molecule has 0 nitrogen and oxygen atoms in total. The highest BCUT2D eigenvalue weighted by Gasteiger charge is 2.12. The van der Waals surface area contributed by atoms with Crippen molar-refractivity contribution < 1.29 is 0 Å². The van der Waals surface area contributed by atoms with Gasteiger partial charge in [0.1, 0.15) is 0 Å². The minimum atomic E-state index is 0.231. The van der Waals surface area contributed by atoms with Gasteiger partial charge >= 0.3 is 0 Å². The summed E-state index contributed by atoms with van der Waals surface area (Å²) in [5.74, 6) is 0. The molecule has 0 saturated heterocycles. The van der Waals surface area contributed by atoms with Gasteiger partial charge in [-0.15, -0.1) is 0 Å². The fraction of sp³-hybridized carbons (Fsp3) is 0.429. The maximum Gasteiger partial charge on any atom is 0.0112 e. The summed E-state index contributed by atoms with van der Waals surface area (Å²) in [7, 11) is 0. The third-order valence-electron chi connectivity index (χ3n) is 2.50. The SMILES string of the molecule is C=C(Cl)CCc1ccc(C(C)(C)C)cc1. The number of rotatable bonds is 3. The first-order valence-electron chi connectivity index (χ1n) is 5.32. The van der Waals surface area contributed by atoms with Crippen LogP contribution in [0.5, 0.6) is 0 Å². The molecule has 1 rings (SSSR count). The standard InChI is InChI=1S/C14H19Cl/c1-11(15)5-6-12-7-9-13(10-8-12)14(2,3)4/h7-10H,1,5-6H2,2-4H3. The van der Waals surface area contributed by atoms with Gasteiger partial charge in [-0.2, -0.15) is 0 Å². The van der Waals surface area contributed by atoms with Crippen LogP contribution in [0.25, 0.3) is 0 Å². The van der Waals surface area contributed by atoms with E-state index in [1.807, 2.05) is 0 Å². The van der Waals surface area contributed by atoms with Gasteiger partial charge in [0.2, 0.25) is 0 Å². The molecule has 0 saturated carbocycles.